The number of morpholine rings is 1. The molecule has 2 aromatic carbocycles. The molecular weight excluding hydrogens is 326 g/mol. The summed E-state index contributed by atoms with van der Waals surface area (Å²) in [7, 11) is 1.66. The summed E-state index contributed by atoms with van der Waals surface area (Å²) in [4.78, 5) is 15.1. The molecule has 0 aromatic heterocycles. The zero-order valence-corrected chi connectivity index (χ0v) is 15.2. The van der Waals surface area contributed by atoms with Crippen molar-refractivity contribution in [1.29, 1.82) is 0 Å². The molecular formula is C22H25NO3. The molecule has 0 radical (unpaired) electrons. The molecule has 2 aliphatic rings. The van der Waals surface area contributed by atoms with Crippen LogP contribution in [0.3, 0.4) is 0 Å². The zero-order valence-electron chi connectivity index (χ0n) is 15.2. The summed E-state index contributed by atoms with van der Waals surface area (Å²) in [5, 5.41) is 0. The van der Waals surface area contributed by atoms with Gasteiger partial charge in [-0.3, -0.25) is 4.79 Å². The number of carbonyl (C=O) groups excluding carboxylic acids is 1. The van der Waals surface area contributed by atoms with Crippen molar-refractivity contribution < 1.29 is 14.3 Å². The molecule has 0 bridgehead atoms. The highest BCUT2D eigenvalue weighted by atomic mass is 16.5. The molecule has 1 saturated heterocycles. The van der Waals surface area contributed by atoms with Gasteiger partial charge in [-0.05, 0) is 48.2 Å². The van der Waals surface area contributed by atoms with E-state index in [-0.39, 0.29) is 11.5 Å². The van der Waals surface area contributed by atoms with Gasteiger partial charge < -0.3 is 14.4 Å². The Bertz CT molecular complexity index is 795. The number of rotatable bonds is 3. The Labute approximate surface area is 154 Å². The summed E-state index contributed by atoms with van der Waals surface area (Å²) < 4.78 is 11.4. The van der Waals surface area contributed by atoms with Crippen molar-refractivity contribution in [2.45, 2.75) is 31.3 Å². The van der Waals surface area contributed by atoms with E-state index >= 15 is 0 Å². The second-order valence-electron chi connectivity index (χ2n) is 7.28. The molecule has 1 spiro atoms. The largest absolute Gasteiger partial charge is 0.497 e. The molecule has 1 amide bonds. The minimum absolute atomic E-state index is 0.0989. The summed E-state index contributed by atoms with van der Waals surface area (Å²) >= 11 is 0. The summed E-state index contributed by atoms with van der Waals surface area (Å²) in [6.07, 6.45) is 4.54. The lowest BCUT2D eigenvalue weighted by molar-refractivity contribution is -0.0948. The van der Waals surface area contributed by atoms with Crippen molar-refractivity contribution in [2.75, 3.05) is 26.8 Å². The highest BCUT2D eigenvalue weighted by Gasteiger charge is 2.40. The number of methoxy groups -OCH3 is 1. The number of hydrogen-bond acceptors (Lipinski definition) is 3. The van der Waals surface area contributed by atoms with Crippen LogP contribution in [0.1, 0.15) is 36.0 Å². The second-order valence-corrected chi connectivity index (χ2v) is 7.28. The highest BCUT2D eigenvalue weighted by molar-refractivity contribution is 5.95. The molecule has 4 rings (SSSR count). The van der Waals surface area contributed by atoms with E-state index in [1.165, 1.54) is 12.8 Å². The van der Waals surface area contributed by atoms with Gasteiger partial charge in [0.25, 0.3) is 5.91 Å². The van der Waals surface area contributed by atoms with E-state index in [9.17, 15) is 4.79 Å². The molecule has 26 heavy (non-hydrogen) atoms. The maximum absolute atomic E-state index is 13.1. The highest BCUT2D eigenvalue weighted by Crippen LogP contribution is 2.36. The van der Waals surface area contributed by atoms with Gasteiger partial charge in [0.2, 0.25) is 0 Å². The van der Waals surface area contributed by atoms with Gasteiger partial charge in [-0.2, -0.15) is 0 Å². The molecule has 1 aliphatic heterocycles. The average molecular weight is 351 g/mol. The van der Waals surface area contributed by atoms with Crippen LogP contribution >= 0.6 is 0 Å². The lowest BCUT2D eigenvalue weighted by Crippen LogP contribution is -2.52. The molecule has 1 saturated carbocycles. The molecule has 0 N–H and O–H groups in total. The molecule has 1 aliphatic carbocycles. The summed E-state index contributed by atoms with van der Waals surface area (Å²) in [5.74, 6) is 0.917. The van der Waals surface area contributed by atoms with Gasteiger partial charge in [0.05, 0.1) is 25.9 Å². The van der Waals surface area contributed by atoms with Crippen LogP contribution in [0.4, 0.5) is 0 Å². The van der Waals surface area contributed by atoms with Crippen LogP contribution in [-0.4, -0.2) is 43.2 Å². The van der Waals surface area contributed by atoms with Crippen molar-refractivity contribution in [3.63, 3.8) is 0 Å². The van der Waals surface area contributed by atoms with E-state index in [1.807, 2.05) is 53.4 Å². The molecule has 4 nitrogen and oxygen atoms in total. The van der Waals surface area contributed by atoms with Crippen LogP contribution in [0.2, 0.25) is 0 Å². The van der Waals surface area contributed by atoms with Crippen molar-refractivity contribution in [1.82, 2.24) is 4.90 Å². The Balaban J connectivity index is 1.56. The van der Waals surface area contributed by atoms with Crippen molar-refractivity contribution in [2.24, 2.45) is 0 Å². The Hall–Kier alpha value is -2.33. The van der Waals surface area contributed by atoms with Gasteiger partial charge in [0, 0.05) is 12.1 Å². The second kappa shape index (κ2) is 7.12. The summed E-state index contributed by atoms with van der Waals surface area (Å²) in [6.45, 7) is 2.03. The number of nitrogens with zero attached hydrogens (tertiary/aromatic N) is 1. The normalized spacial score (nSPS) is 18.9. The number of hydrogen-bond donors (Lipinski definition) is 0. The third-order valence-electron chi connectivity index (χ3n) is 5.56. The first kappa shape index (κ1) is 17.1. The van der Waals surface area contributed by atoms with E-state index in [0.717, 1.165) is 41.8 Å². The van der Waals surface area contributed by atoms with Gasteiger partial charge in [-0.1, -0.05) is 37.1 Å². The Morgan fingerprint density at radius 1 is 1.08 bits per heavy atom. The fourth-order valence-corrected chi connectivity index (χ4v) is 4.16. The van der Waals surface area contributed by atoms with Crippen LogP contribution in [0.25, 0.3) is 11.1 Å². The van der Waals surface area contributed by atoms with E-state index in [4.69, 9.17) is 9.47 Å². The molecule has 1 heterocycles. The Morgan fingerprint density at radius 3 is 2.58 bits per heavy atom. The smallest absolute Gasteiger partial charge is 0.254 e. The van der Waals surface area contributed by atoms with E-state index < -0.39 is 0 Å². The quantitative estimate of drug-likeness (QED) is 0.834. The minimum Gasteiger partial charge on any atom is -0.497 e. The monoisotopic (exact) mass is 351 g/mol. The van der Waals surface area contributed by atoms with Crippen molar-refractivity contribution in [3.05, 3.63) is 54.1 Å². The van der Waals surface area contributed by atoms with Gasteiger partial charge in [0.1, 0.15) is 5.75 Å². The maximum atomic E-state index is 13.1. The Kier molecular flexibility index (Phi) is 4.68. The fraction of sp³-hybridized carbons (Fsp3) is 0.409. The lowest BCUT2D eigenvalue weighted by Gasteiger charge is -2.40. The van der Waals surface area contributed by atoms with Gasteiger partial charge >= 0.3 is 0 Å². The van der Waals surface area contributed by atoms with Crippen LogP contribution in [0.5, 0.6) is 5.75 Å². The number of carbonyl (C=O) groups is 1. The first-order chi connectivity index (χ1) is 12.7. The molecule has 2 fully saturated rings. The predicted octanol–water partition coefficient (Wildman–Crippen LogP) is 4.15. The third kappa shape index (κ3) is 3.34. The topological polar surface area (TPSA) is 38.8 Å². The van der Waals surface area contributed by atoms with Gasteiger partial charge in [-0.25, -0.2) is 0 Å². The van der Waals surface area contributed by atoms with Gasteiger partial charge in [0.15, 0.2) is 0 Å². The fourth-order valence-electron chi connectivity index (χ4n) is 4.16. The average Bonchev–Trinajstić information content (AvgIpc) is 3.15. The van der Waals surface area contributed by atoms with E-state index in [2.05, 4.69) is 0 Å². The molecule has 0 unspecified atom stereocenters. The third-order valence-corrected chi connectivity index (χ3v) is 5.56. The van der Waals surface area contributed by atoms with Crippen molar-refractivity contribution >= 4 is 5.91 Å². The number of amides is 1. The number of benzene rings is 2. The zero-order chi connectivity index (χ0) is 18.0. The van der Waals surface area contributed by atoms with E-state index in [0.29, 0.717) is 13.2 Å². The molecule has 0 atom stereocenters. The summed E-state index contributed by atoms with van der Waals surface area (Å²) in [6, 6.07) is 15.8. The molecule has 136 valence electrons. The van der Waals surface area contributed by atoms with Crippen LogP contribution < -0.4 is 4.74 Å². The first-order valence-corrected chi connectivity index (χ1v) is 9.37. The van der Waals surface area contributed by atoms with Crippen LogP contribution in [-0.2, 0) is 4.74 Å². The molecule has 2 aromatic rings. The maximum Gasteiger partial charge on any atom is 0.254 e. The standard InChI is InChI=1S/C22H25NO3/c1-25-20-9-5-7-18(15-20)17-6-4-8-19(14-17)21(24)23-12-13-26-22(16-23)10-2-3-11-22/h4-9,14-15H,2-3,10-13,16H2,1H3. The summed E-state index contributed by atoms with van der Waals surface area (Å²) in [5.41, 5.74) is 2.71. The SMILES string of the molecule is COc1cccc(-c2cccc(C(=O)N3CCOC4(CCCC4)C3)c2)c1. The van der Waals surface area contributed by atoms with Crippen molar-refractivity contribution in [3.8, 4) is 16.9 Å². The number of ether oxygens (including phenoxy) is 2. The molecule has 4 heteroatoms. The van der Waals surface area contributed by atoms with Crippen LogP contribution in [0.15, 0.2) is 48.5 Å². The lowest BCUT2D eigenvalue weighted by atomic mass is 9.98. The van der Waals surface area contributed by atoms with Crippen LogP contribution in [0, 0.1) is 0 Å². The minimum atomic E-state index is -0.0989. The first-order valence-electron chi connectivity index (χ1n) is 9.37. The van der Waals surface area contributed by atoms with E-state index in [1.54, 1.807) is 7.11 Å². The Morgan fingerprint density at radius 2 is 1.81 bits per heavy atom. The predicted molar refractivity (Wildman–Crippen MR) is 101 cm³/mol. The van der Waals surface area contributed by atoms with Gasteiger partial charge in [-0.15, -0.1) is 0 Å².